The second kappa shape index (κ2) is 12.8. The number of rotatable bonds is 9. The molecule has 3 N–H and O–H groups in total. The Kier molecular flexibility index (Phi) is 9.45. The standard InChI is InChI=1S/C28H42N6O5/c1-18(2)15-22(31-26(36)20-5-7-21(8-6-20)32-13-10-29-11-14-32)27(37)33-12-9-23-25(33)24(35)17-34(23)39-28(38)30-16-19(3)4/h5-8,18-19,22-23,25,29H,9-17H2,1-4H3,(H,30,38)(H,31,36). The molecule has 0 radical (unpaired) electrons. The van der Waals surface area contributed by atoms with E-state index in [4.69, 9.17) is 4.84 Å². The predicted octanol–water partition coefficient (Wildman–Crippen LogP) is 1.39. The van der Waals surface area contributed by atoms with E-state index in [0.29, 0.717) is 31.5 Å². The molecule has 3 aliphatic rings. The Labute approximate surface area is 230 Å². The summed E-state index contributed by atoms with van der Waals surface area (Å²) in [6.07, 6.45) is 0.355. The first-order chi connectivity index (χ1) is 18.6. The number of nitrogens with zero attached hydrogens (tertiary/aromatic N) is 3. The van der Waals surface area contributed by atoms with Crippen LogP contribution in [0.25, 0.3) is 0 Å². The average molecular weight is 543 g/mol. The summed E-state index contributed by atoms with van der Waals surface area (Å²) in [6, 6.07) is 5.60. The van der Waals surface area contributed by atoms with Crippen molar-refractivity contribution in [1.82, 2.24) is 25.9 Å². The van der Waals surface area contributed by atoms with E-state index in [2.05, 4.69) is 20.9 Å². The number of hydroxylamine groups is 2. The van der Waals surface area contributed by atoms with E-state index >= 15 is 0 Å². The third-order valence-electron chi connectivity index (χ3n) is 7.44. The summed E-state index contributed by atoms with van der Waals surface area (Å²) in [6.45, 7) is 12.4. The van der Waals surface area contributed by atoms with Crippen LogP contribution in [0.3, 0.4) is 0 Å². The quantitative estimate of drug-likeness (QED) is 0.428. The minimum Gasteiger partial charge on any atom is -0.369 e. The van der Waals surface area contributed by atoms with E-state index in [9.17, 15) is 19.2 Å². The number of hydrogen-bond acceptors (Lipinski definition) is 8. The maximum absolute atomic E-state index is 13.7. The van der Waals surface area contributed by atoms with Crippen LogP contribution in [0, 0.1) is 11.8 Å². The Morgan fingerprint density at radius 2 is 1.72 bits per heavy atom. The molecule has 3 fully saturated rings. The first kappa shape index (κ1) is 28.8. The molecule has 4 rings (SSSR count). The molecule has 0 aliphatic carbocycles. The van der Waals surface area contributed by atoms with Crippen LogP contribution in [0.1, 0.15) is 50.9 Å². The van der Waals surface area contributed by atoms with Gasteiger partial charge in [-0.3, -0.25) is 14.4 Å². The summed E-state index contributed by atoms with van der Waals surface area (Å²) in [4.78, 5) is 61.3. The SMILES string of the molecule is CC(C)CNC(=O)ON1CC(=O)C2C1CCN2C(=O)C(CC(C)C)NC(=O)c1ccc(N2CCNCC2)cc1. The van der Waals surface area contributed by atoms with Crippen LogP contribution < -0.4 is 20.9 Å². The largest absolute Gasteiger partial charge is 0.426 e. The molecule has 3 heterocycles. The smallest absolute Gasteiger partial charge is 0.369 e. The molecule has 1 aromatic carbocycles. The van der Waals surface area contributed by atoms with E-state index in [1.54, 1.807) is 17.0 Å². The van der Waals surface area contributed by atoms with Crippen LogP contribution in [0.5, 0.6) is 0 Å². The lowest BCUT2D eigenvalue weighted by Gasteiger charge is -2.30. The number of anilines is 1. The Balaban J connectivity index is 1.40. The van der Waals surface area contributed by atoms with Crippen LogP contribution >= 0.6 is 0 Å². The number of Topliss-reactive ketones (excluding diaryl/α,β-unsaturated/α-hetero) is 1. The number of benzene rings is 1. The van der Waals surface area contributed by atoms with E-state index in [1.807, 2.05) is 39.8 Å². The van der Waals surface area contributed by atoms with Gasteiger partial charge in [-0.2, -0.15) is 0 Å². The molecule has 1 aromatic rings. The van der Waals surface area contributed by atoms with Crippen molar-refractivity contribution in [2.75, 3.05) is 50.7 Å². The van der Waals surface area contributed by atoms with Crippen LogP contribution in [-0.2, 0) is 14.4 Å². The molecule has 214 valence electrons. The van der Waals surface area contributed by atoms with Gasteiger partial charge in [0.2, 0.25) is 5.91 Å². The Morgan fingerprint density at radius 3 is 2.36 bits per heavy atom. The minimum atomic E-state index is -0.763. The summed E-state index contributed by atoms with van der Waals surface area (Å²) in [5.41, 5.74) is 1.55. The Hall–Kier alpha value is -3.18. The first-order valence-corrected chi connectivity index (χ1v) is 14.1. The monoisotopic (exact) mass is 542 g/mol. The molecule has 0 bridgehead atoms. The zero-order valence-electron chi connectivity index (χ0n) is 23.4. The third kappa shape index (κ3) is 7.07. The number of carbonyl (C=O) groups excluding carboxylic acids is 4. The van der Waals surface area contributed by atoms with Gasteiger partial charge in [-0.15, -0.1) is 5.06 Å². The van der Waals surface area contributed by atoms with E-state index < -0.39 is 18.2 Å². The zero-order valence-corrected chi connectivity index (χ0v) is 23.4. The van der Waals surface area contributed by atoms with Crippen molar-refractivity contribution in [1.29, 1.82) is 0 Å². The van der Waals surface area contributed by atoms with Gasteiger partial charge in [-0.1, -0.05) is 27.7 Å². The lowest BCUT2D eigenvalue weighted by Crippen LogP contribution is -2.53. The molecule has 11 nitrogen and oxygen atoms in total. The molecule has 3 saturated heterocycles. The van der Waals surface area contributed by atoms with E-state index in [0.717, 1.165) is 31.9 Å². The lowest BCUT2D eigenvalue weighted by atomic mass is 10.0. The molecule has 3 aliphatic heterocycles. The molecular weight excluding hydrogens is 500 g/mol. The van der Waals surface area contributed by atoms with Crippen molar-refractivity contribution in [3.63, 3.8) is 0 Å². The van der Waals surface area contributed by atoms with Gasteiger partial charge in [0.15, 0.2) is 5.78 Å². The van der Waals surface area contributed by atoms with Crippen LogP contribution in [0.4, 0.5) is 10.5 Å². The van der Waals surface area contributed by atoms with Crippen molar-refractivity contribution >= 4 is 29.4 Å². The average Bonchev–Trinajstić information content (AvgIpc) is 3.48. The molecule has 3 amide bonds. The number of nitrogens with one attached hydrogen (secondary N) is 3. The zero-order chi connectivity index (χ0) is 28.1. The Bertz CT molecular complexity index is 1040. The number of piperazine rings is 1. The number of carbonyl (C=O) groups is 4. The third-order valence-corrected chi connectivity index (χ3v) is 7.44. The van der Waals surface area contributed by atoms with Gasteiger partial charge in [0, 0.05) is 50.5 Å². The van der Waals surface area contributed by atoms with Gasteiger partial charge in [-0.25, -0.2) is 4.79 Å². The lowest BCUT2D eigenvalue weighted by molar-refractivity contribution is -0.138. The van der Waals surface area contributed by atoms with Gasteiger partial charge in [-0.05, 0) is 48.9 Å². The van der Waals surface area contributed by atoms with Crippen LogP contribution in [-0.4, -0.2) is 97.6 Å². The maximum atomic E-state index is 13.7. The van der Waals surface area contributed by atoms with Gasteiger partial charge in [0.1, 0.15) is 12.1 Å². The highest BCUT2D eigenvalue weighted by Gasteiger charge is 2.52. The summed E-state index contributed by atoms with van der Waals surface area (Å²) >= 11 is 0. The number of hydrogen-bond donors (Lipinski definition) is 3. The van der Waals surface area contributed by atoms with Gasteiger partial charge < -0.3 is 30.6 Å². The molecule has 11 heteroatoms. The summed E-state index contributed by atoms with van der Waals surface area (Å²) in [5, 5.41) is 10.3. The highest BCUT2D eigenvalue weighted by molar-refractivity contribution is 5.99. The normalized spacial score (nSPS) is 22.3. The van der Waals surface area contributed by atoms with Crippen molar-refractivity contribution < 1.29 is 24.0 Å². The highest BCUT2D eigenvalue weighted by Crippen LogP contribution is 2.31. The molecule has 0 aromatic heterocycles. The fourth-order valence-electron chi connectivity index (χ4n) is 5.49. The molecule has 3 atom stereocenters. The van der Waals surface area contributed by atoms with Gasteiger partial charge in [0.25, 0.3) is 5.91 Å². The number of amides is 3. The van der Waals surface area contributed by atoms with Gasteiger partial charge in [0.05, 0.1) is 12.6 Å². The van der Waals surface area contributed by atoms with Crippen molar-refractivity contribution in [3.8, 4) is 0 Å². The summed E-state index contributed by atoms with van der Waals surface area (Å²) in [7, 11) is 0. The fourth-order valence-corrected chi connectivity index (χ4v) is 5.49. The number of fused-ring (bicyclic) bond motifs is 1. The first-order valence-electron chi connectivity index (χ1n) is 14.1. The summed E-state index contributed by atoms with van der Waals surface area (Å²) < 4.78 is 0. The molecule has 39 heavy (non-hydrogen) atoms. The number of ketones is 1. The second-order valence-electron chi connectivity index (χ2n) is 11.5. The van der Waals surface area contributed by atoms with E-state index in [1.165, 1.54) is 5.06 Å². The van der Waals surface area contributed by atoms with Crippen LogP contribution in [0.2, 0.25) is 0 Å². The minimum absolute atomic E-state index is 0.0607. The fraction of sp³-hybridized carbons (Fsp3) is 0.643. The topological polar surface area (TPSA) is 123 Å². The van der Waals surface area contributed by atoms with E-state index in [-0.39, 0.29) is 42.0 Å². The molecular formula is C28H42N6O5. The molecule has 3 unspecified atom stereocenters. The van der Waals surface area contributed by atoms with Crippen molar-refractivity contribution in [2.24, 2.45) is 11.8 Å². The molecule has 0 saturated carbocycles. The Morgan fingerprint density at radius 1 is 1.03 bits per heavy atom. The predicted molar refractivity (Wildman–Crippen MR) is 147 cm³/mol. The van der Waals surface area contributed by atoms with Gasteiger partial charge >= 0.3 is 6.09 Å². The van der Waals surface area contributed by atoms with Crippen molar-refractivity contribution in [2.45, 2.75) is 58.7 Å². The van der Waals surface area contributed by atoms with Crippen LogP contribution in [0.15, 0.2) is 24.3 Å². The molecule has 0 spiro atoms. The maximum Gasteiger partial charge on any atom is 0.426 e. The number of likely N-dealkylation sites (tertiary alicyclic amines) is 1. The second-order valence-corrected chi connectivity index (χ2v) is 11.5. The highest BCUT2D eigenvalue weighted by atomic mass is 16.7. The summed E-state index contributed by atoms with van der Waals surface area (Å²) in [5.74, 6) is -0.344. The van der Waals surface area contributed by atoms with Crippen molar-refractivity contribution in [3.05, 3.63) is 29.8 Å².